The van der Waals surface area contributed by atoms with Crippen LogP contribution in [0.4, 0.5) is 23.7 Å². The summed E-state index contributed by atoms with van der Waals surface area (Å²) in [5.41, 5.74) is -0.137. The zero-order valence-corrected chi connectivity index (χ0v) is 15.2. The maximum Gasteiger partial charge on any atom is 0.417 e. The highest BCUT2D eigenvalue weighted by atomic mass is 32.2. The third kappa shape index (κ3) is 4.60. The molecule has 2 N–H and O–H groups in total. The van der Waals surface area contributed by atoms with Crippen LogP contribution >= 0.6 is 11.8 Å². The quantitative estimate of drug-likeness (QED) is 0.643. The predicted octanol–water partition coefficient (Wildman–Crippen LogP) is 3.58. The monoisotopic (exact) mass is 409 g/mol. The number of pyridine rings is 1. The normalized spacial score (nSPS) is 12.6. The maximum atomic E-state index is 12.9. The number of hydrogen-bond acceptors (Lipinski definition) is 5. The summed E-state index contributed by atoms with van der Waals surface area (Å²) in [4.78, 5) is 24.1. The molecule has 1 atom stereocenters. The second kappa shape index (κ2) is 7.89. The molecule has 3 aromatic rings. The number of urea groups is 1. The van der Waals surface area contributed by atoms with Gasteiger partial charge in [0.15, 0.2) is 10.8 Å². The first-order valence-corrected chi connectivity index (χ1v) is 8.87. The first-order chi connectivity index (χ1) is 13.2. The number of fused-ring (bicyclic) bond motifs is 1. The molecule has 0 bridgehead atoms. The van der Waals surface area contributed by atoms with Crippen LogP contribution in [-0.2, 0) is 11.0 Å². The van der Waals surface area contributed by atoms with E-state index < -0.39 is 28.9 Å². The van der Waals surface area contributed by atoms with Crippen molar-refractivity contribution in [1.82, 2.24) is 19.9 Å². The van der Waals surface area contributed by atoms with Crippen molar-refractivity contribution in [3.05, 3.63) is 54.2 Å². The van der Waals surface area contributed by atoms with E-state index in [-0.39, 0.29) is 10.8 Å². The van der Waals surface area contributed by atoms with Gasteiger partial charge in [-0.1, -0.05) is 30.0 Å². The number of rotatable bonds is 4. The average Bonchev–Trinajstić information content (AvgIpc) is 3.04. The van der Waals surface area contributed by atoms with Gasteiger partial charge < -0.3 is 5.32 Å². The molecule has 146 valence electrons. The fourth-order valence-corrected chi connectivity index (χ4v) is 3.06. The molecule has 1 unspecified atom stereocenters. The Hall–Kier alpha value is -3.08. The standard InChI is InChI=1S/C17H14F3N5O2S/c1-10(14(26)22-15(27)21-12-5-3-2-4-6-12)28-16-24-23-13-8-7-11(9-25(13)16)17(18,19)20/h2-10H,1H3,(H2,21,22,26,27). The van der Waals surface area contributed by atoms with Crippen molar-refractivity contribution in [3.8, 4) is 0 Å². The van der Waals surface area contributed by atoms with Crippen LogP contribution in [0.15, 0.2) is 53.8 Å². The minimum absolute atomic E-state index is 0.104. The van der Waals surface area contributed by atoms with Crippen LogP contribution in [0.3, 0.4) is 0 Å². The Labute approximate surface area is 161 Å². The molecule has 0 saturated heterocycles. The Bertz CT molecular complexity index is 1010. The molecule has 1 aromatic carbocycles. The zero-order valence-electron chi connectivity index (χ0n) is 14.4. The Morgan fingerprint density at radius 1 is 1.11 bits per heavy atom. The summed E-state index contributed by atoms with van der Waals surface area (Å²) in [6.45, 7) is 1.50. The van der Waals surface area contributed by atoms with Crippen molar-refractivity contribution >= 4 is 35.0 Å². The van der Waals surface area contributed by atoms with Crippen molar-refractivity contribution < 1.29 is 22.8 Å². The maximum absolute atomic E-state index is 12.9. The van der Waals surface area contributed by atoms with E-state index in [1.807, 2.05) is 0 Å². The first-order valence-electron chi connectivity index (χ1n) is 7.99. The number of amides is 3. The fourth-order valence-electron chi connectivity index (χ4n) is 2.23. The van der Waals surface area contributed by atoms with Gasteiger partial charge in [-0.2, -0.15) is 13.2 Å². The van der Waals surface area contributed by atoms with E-state index in [9.17, 15) is 22.8 Å². The second-order valence-electron chi connectivity index (χ2n) is 5.70. The predicted molar refractivity (Wildman–Crippen MR) is 96.9 cm³/mol. The molecule has 0 spiro atoms. The van der Waals surface area contributed by atoms with E-state index in [1.54, 1.807) is 30.3 Å². The molecule has 0 radical (unpaired) electrons. The number of nitrogens with zero attached hydrogens (tertiary/aromatic N) is 3. The molecule has 0 saturated carbocycles. The first kappa shape index (κ1) is 19.7. The van der Waals surface area contributed by atoms with E-state index >= 15 is 0 Å². The highest BCUT2D eigenvalue weighted by molar-refractivity contribution is 8.00. The van der Waals surface area contributed by atoms with Gasteiger partial charge in [-0.15, -0.1) is 10.2 Å². The van der Waals surface area contributed by atoms with Gasteiger partial charge >= 0.3 is 12.2 Å². The Morgan fingerprint density at radius 2 is 1.82 bits per heavy atom. The van der Waals surface area contributed by atoms with Crippen molar-refractivity contribution in [2.75, 3.05) is 5.32 Å². The topological polar surface area (TPSA) is 88.4 Å². The van der Waals surface area contributed by atoms with Gasteiger partial charge in [0.25, 0.3) is 0 Å². The lowest BCUT2D eigenvalue weighted by Gasteiger charge is -2.11. The Balaban J connectivity index is 1.67. The number of carbonyl (C=O) groups excluding carboxylic acids is 2. The molecule has 11 heteroatoms. The molecule has 0 aliphatic rings. The highest BCUT2D eigenvalue weighted by Crippen LogP contribution is 2.30. The van der Waals surface area contributed by atoms with Gasteiger partial charge in [-0.05, 0) is 31.2 Å². The number of thioether (sulfide) groups is 1. The number of hydrogen-bond donors (Lipinski definition) is 2. The van der Waals surface area contributed by atoms with E-state index in [0.29, 0.717) is 5.69 Å². The number of alkyl halides is 3. The highest BCUT2D eigenvalue weighted by Gasteiger charge is 2.31. The third-order valence-corrected chi connectivity index (χ3v) is 4.67. The average molecular weight is 409 g/mol. The summed E-state index contributed by atoms with van der Waals surface area (Å²) in [6.07, 6.45) is -3.65. The van der Waals surface area contributed by atoms with Crippen molar-refractivity contribution in [2.45, 2.75) is 23.5 Å². The molecule has 7 nitrogen and oxygen atoms in total. The van der Waals surface area contributed by atoms with Crippen LogP contribution in [0.5, 0.6) is 0 Å². The van der Waals surface area contributed by atoms with Crippen molar-refractivity contribution in [2.24, 2.45) is 0 Å². The van der Waals surface area contributed by atoms with Gasteiger partial charge in [0.1, 0.15) is 0 Å². The number of aromatic nitrogens is 3. The molecule has 0 aliphatic carbocycles. The number of nitrogens with one attached hydrogen (secondary N) is 2. The van der Waals surface area contributed by atoms with E-state index in [1.165, 1.54) is 13.0 Å². The molecule has 28 heavy (non-hydrogen) atoms. The molecular formula is C17H14F3N5O2S. The number of anilines is 1. The van der Waals surface area contributed by atoms with Gasteiger partial charge in [-0.3, -0.25) is 14.5 Å². The molecular weight excluding hydrogens is 395 g/mol. The van der Waals surface area contributed by atoms with Crippen LogP contribution < -0.4 is 10.6 Å². The van der Waals surface area contributed by atoms with Crippen LogP contribution in [-0.4, -0.2) is 31.8 Å². The summed E-state index contributed by atoms with van der Waals surface area (Å²) >= 11 is 0.885. The summed E-state index contributed by atoms with van der Waals surface area (Å²) in [5.74, 6) is -0.623. The molecule has 2 aromatic heterocycles. The second-order valence-corrected chi connectivity index (χ2v) is 7.00. The molecule has 0 fully saturated rings. The third-order valence-electron chi connectivity index (χ3n) is 3.62. The van der Waals surface area contributed by atoms with Crippen LogP contribution in [0.2, 0.25) is 0 Å². The number of halogens is 3. The van der Waals surface area contributed by atoms with E-state index in [4.69, 9.17) is 0 Å². The lowest BCUT2D eigenvalue weighted by Crippen LogP contribution is -2.38. The summed E-state index contributed by atoms with van der Waals surface area (Å²) in [5, 5.41) is 11.6. The largest absolute Gasteiger partial charge is 0.417 e. The SMILES string of the molecule is CC(Sc1nnc2ccc(C(F)(F)F)cn12)C(=O)NC(=O)Nc1ccccc1. The number of carbonyl (C=O) groups is 2. The van der Waals surface area contributed by atoms with Crippen LogP contribution in [0.1, 0.15) is 12.5 Å². The Kier molecular flexibility index (Phi) is 5.54. The van der Waals surface area contributed by atoms with Gasteiger partial charge in [-0.25, -0.2) is 4.79 Å². The molecule has 0 aliphatic heterocycles. The number of benzene rings is 1. The van der Waals surface area contributed by atoms with Gasteiger partial charge in [0, 0.05) is 11.9 Å². The summed E-state index contributed by atoms with van der Waals surface area (Å²) < 4.78 is 39.8. The van der Waals surface area contributed by atoms with Crippen LogP contribution in [0, 0.1) is 0 Å². The molecule has 3 amide bonds. The van der Waals surface area contributed by atoms with E-state index in [0.717, 1.165) is 28.4 Å². The van der Waals surface area contributed by atoms with Gasteiger partial charge in [0.2, 0.25) is 5.91 Å². The van der Waals surface area contributed by atoms with E-state index in [2.05, 4.69) is 20.8 Å². The van der Waals surface area contributed by atoms with Gasteiger partial charge in [0.05, 0.1) is 10.8 Å². The molecule has 3 rings (SSSR count). The lowest BCUT2D eigenvalue weighted by atomic mass is 10.3. The fraction of sp³-hybridized carbons (Fsp3) is 0.176. The zero-order chi connectivity index (χ0) is 20.3. The Morgan fingerprint density at radius 3 is 2.50 bits per heavy atom. The number of para-hydroxylation sites is 1. The van der Waals surface area contributed by atoms with Crippen molar-refractivity contribution in [3.63, 3.8) is 0 Å². The number of imide groups is 1. The van der Waals surface area contributed by atoms with Crippen molar-refractivity contribution in [1.29, 1.82) is 0 Å². The lowest BCUT2D eigenvalue weighted by molar-refractivity contribution is -0.137. The minimum atomic E-state index is -4.51. The minimum Gasteiger partial charge on any atom is -0.308 e. The summed E-state index contributed by atoms with van der Waals surface area (Å²) in [7, 11) is 0. The summed E-state index contributed by atoms with van der Waals surface area (Å²) in [6, 6.07) is 9.92. The smallest absolute Gasteiger partial charge is 0.308 e. The molecule has 2 heterocycles. The van der Waals surface area contributed by atoms with Crippen LogP contribution in [0.25, 0.3) is 5.65 Å².